The molecule has 2 saturated heterocycles. The summed E-state index contributed by atoms with van der Waals surface area (Å²) >= 11 is 0. The zero-order valence-corrected chi connectivity index (χ0v) is 12.1. The molecular weight excluding hydrogens is 254 g/mol. The zero-order valence-electron chi connectivity index (χ0n) is 12.1. The van der Waals surface area contributed by atoms with E-state index in [0.717, 1.165) is 45.3 Å². The van der Waals surface area contributed by atoms with Crippen molar-refractivity contribution in [2.24, 2.45) is 0 Å². The highest BCUT2D eigenvalue weighted by molar-refractivity contribution is 5.88. The second-order valence-corrected chi connectivity index (χ2v) is 6.34. The Kier molecular flexibility index (Phi) is 4.24. The van der Waals surface area contributed by atoms with Crippen molar-refractivity contribution in [2.75, 3.05) is 26.2 Å². The van der Waals surface area contributed by atoms with Crippen LogP contribution in [0.4, 0.5) is 0 Å². The highest BCUT2D eigenvalue weighted by Gasteiger charge is 2.34. The van der Waals surface area contributed by atoms with E-state index >= 15 is 0 Å². The lowest BCUT2D eigenvalue weighted by atomic mass is 10.0. The summed E-state index contributed by atoms with van der Waals surface area (Å²) < 4.78 is 0. The van der Waals surface area contributed by atoms with Crippen LogP contribution in [0.5, 0.6) is 0 Å². The molecule has 1 N–H and O–H groups in total. The van der Waals surface area contributed by atoms with Crippen molar-refractivity contribution in [1.29, 1.82) is 0 Å². The Morgan fingerprint density at radius 2 is 1.80 bits per heavy atom. The molecule has 0 aromatic heterocycles. The molecule has 1 atom stereocenters. The van der Waals surface area contributed by atoms with Gasteiger partial charge in [-0.15, -0.1) is 0 Å². The van der Waals surface area contributed by atoms with Gasteiger partial charge in [-0.2, -0.15) is 0 Å². The Morgan fingerprint density at radius 3 is 2.50 bits per heavy atom. The maximum Gasteiger partial charge on any atom is 0.242 e. The van der Waals surface area contributed by atoms with E-state index in [4.69, 9.17) is 0 Å². The van der Waals surface area contributed by atoms with Gasteiger partial charge in [0.05, 0.1) is 12.6 Å². The van der Waals surface area contributed by atoms with E-state index in [1.165, 1.54) is 19.3 Å². The SMILES string of the molecule is O=C(CN1CCCC(NC2CC2)C1=O)N1CCCCC1. The zero-order chi connectivity index (χ0) is 13.9. The maximum atomic E-state index is 12.4. The first-order valence-corrected chi connectivity index (χ1v) is 8.06. The molecule has 1 unspecified atom stereocenters. The molecular formula is C15H25N3O2. The molecule has 5 heteroatoms. The number of nitrogens with zero attached hydrogens (tertiary/aromatic N) is 2. The summed E-state index contributed by atoms with van der Waals surface area (Å²) in [6, 6.07) is 0.493. The summed E-state index contributed by atoms with van der Waals surface area (Å²) in [6.07, 6.45) is 7.73. The third-order valence-electron chi connectivity index (χ3n) is 4.58. The first-order valence-electron chi connectivity index (χ1n) is 8.06. The fourth-order valence-corrected chi connectivity index (χ4v) is 3.19. The van der Waals surface area contributed by atoms with Crippen LogP contribution in [0, 0.1) is 0 Å². The Balaban J connectivity index is 1.52. The largest absolute Gasteiger partial charge is 0.341 e. The van der Waals surface area contributed by atoms with Crippen LogP contribution in [0.2, 0.25) is 0 Å². The number of amides is 2. The van der Waals surface area contributed by atoms with Gasteiger partial charge in [-0.25, -0.2) is 0 Å². The third kappa shape index (κ3) is 3.32. The van der Waals surface area contributed by atoms with Gasteiger partial charge >= 0.3 is 0 Å². The fraction of sp³-hybridized carbons (Fsp3) is 0.867. The number of carbonyl (C=O) groups is 2. The third-order valence-corrected chi connectivity index (χ3v) is 4.58. The summed E-state index contributed by atoms with van der Waals surface area (Å²) in [6.45, 7) is 2.75. The van der Waals surface area contributed by atoms with E-state index in [1.807, 2.05) is 4.90 Å². The average Bonchev–Trinajstić information content (AvgIpc) is 3.28. The average molecular weight is 279 g/mol. The van der Waals surface area contributed by atoms with Crippen molar-refractivity contribution in [2.45, 2.75) is 57.0 Å². The summed E-state index contributed by atoms with van der Waals surface area (Å²) in [5, 5.41) is 3.41. The lowest BCUT2D eigenvalue weighted by Gasteiger charge is -2.34. The number of likely N-dealkylation sites (tertiary alicyclic amines) is 2. The van der Waals surface area contributed by atoms with Crippen LogP contribution in [0.25, 0.3) is 0 Å². The number of hydrogen-bond acceptors (Lipinski definition) is 3. The number of nitrogens with one attached hydrogen (secondary N) is 1. The predicted molar refractivity (Wildman–Crippen MR) is 76.2 cm³/mol. The minimum Gasteiger partial charge on any atom is -0.341 e. The first-order chi connectivity index (χ1) is 9.74. The van der Waals surface area contributed by atoms with Crippen LogP contribution < -0.4 is 5.32 Å². The van der Waals surface area contributed by atoms with Crippen LogP contribution in [-0.4, -0.2) is 59.9 Å². The Hall–Kier alpha value is -1.10. The molecule has 0 bridgehead atoms. The monoisotopic (exact) mass is 279 g/mol. The number of piperidine rings is 2. The molecule has 3 aliphatic rings. The molecule has 0 radical (unpaired) electrons. The quantitative estimate of drug-likeness (QED) is 0.826. The number of carbonyl (C=O) groups excluding carboxylic acids is 2. The molecule has 3 fully saturated rings. The standard InChI is InChI=1S/C15H25N3O2/c19-14(17-8-2-1-3-9-17)11-18-10-4-5-13(15(18)20)16-12-6-7-12/h12-13,16H,1-11H2. The van der Waals surface area contributed by atoms with Crippen LogP contribution in [0.15, 0.2) is 0 Å². The van der Waals surface area contributed by atoms with E-state index in [-0.39, 0.29) is 24.4 Å². The summed E-state index contributed by atoms with van der Waals surface area (Å²) in [7, 11) is 0. The van der Waals surface area contributed by atoms with Crippen molar-refractivity contribution in [3.8, 4) is 0 Å². The fourth-order valence-electron chi connectivity index (χ4n) is 3.19. The van der Waals surface area contributed by atoms with Gasteiger partial charge in [0.25, 0.3) is 0 Å². The predicted octanol–water partition coefficient (Wildman–Crippen LogP) is 0.742. The van der Waals surface area contributed by atoms with E-state index < -0.39 is 0 Å². The van der Waals surface area contributed by atoms with Gasteiger partial charge in [0.2, 0.25) is 11.8 Å². The molecule has 0 aromatic carbocycles. The number of rotatable bonds is 4. The molecule has 3 rings (SSSR count). The Morgan fingerprint density at radius 1 is 1.05 bits per heavy atom. The molecule has 1 aliphatic carbocycles. The van der Waals surface area contributed by atoms with E-state index in [9.17, 15) is 9.59 Å². The van der Waals surface area contributed by atoms with Crippen molar-refractivity contribution in [3.63, 3.8) is 0 Å². The molecule has 0 aromatic rings. The van der Waals surface area contributed by atoms with E-state index in [2.05, 4.69) is 5.32 Å². The smallest absolute Gasteiger partial charge is 0.242 e. The molecule has 20 heavy (non-hydrogen) atoms. The molecule has 112 valence electrons. The molecule has 2 heterocycles. The number of hydrogen-bond donors (Lipinski definition) is 1. The highest BCUT2D eigenvalue weighted by Crippen LogP contribution is 2.22. The van der Waals surface area contributed by atoms with Crippen molar-refractivity contribution >= 4 is 11.8 Å². The van der Waals surface area contributed by atoms with Crippen LogP contribution >= 0.6 is 0 Å². The Labute approximate surface area is 120 Å². The molecule has 2 aliphatic heterocycles. The molecule has 2 amide bonds. The van der Waals surface area contributed by atoms with Gasteiger partial charge in [0.15, 0.2) is 0 Å². The van der Waals surface area contributed by atoms with Gasteiger partial charge in [0, 0.05) is 25.7 Å². The second kappa shape index (κ2) is 6.12. The van der Waals surface area contributed by atoms with Crippen LogP contribution in [0.3, 0.4) is 0 Å². The van der Waals surface area contributed by atoms with E-state index in [0.29, 0.717) is 6.04 Å². The van der Waals surface area contributed by atoms with Crippen molar-refractivity contribution in [1.82, 2.24) is 15.1 Å². The van der Waals surface area contributed by atoms with Crippen molar-refractivity contribution in [3.05, 3.63) is 0 Å². The minimum absolute atomic E-state index is 0.0506. The van der Waals surface area contributed by atoms with Gasteiger partial charge in [-0.05, 0) is 44.9 Å². The minimum atomic E-state index is -0.0506. The first kappa shape index (κ1) is 13.9. The molecule has 5 nitrogen and oxygen atoms in total. The lowest BCUT2D eigenvalue weighted by molar-refractivity contribution is -0.144. The lowest BCUT2D eigenvalue weighted by Crippen LogP contribution is -2.54. The van der Waals surface area contributed by atoms with Crippen LogP contribution in [-0.2, 0) is 9.59 Å². The Bertz CT molecular complexity index is 375. The highest BCUT2D eigenvalue weighted by atomic mass is 16.2. The summed E-state index contributed by atoms with van der Waals surface area (Å²) in [5.41, 5.74) is 0. The topological polar surface area (TPSA) is 52.7 Å². The van der Waals surface area contributed by atoms with Crippen molar-refractivity contribution < 1.29 is 9.59 Å². The summed E-state index contributed by atoms with van der Waals surface area (Å²) in [4.78, 5) is 28.4. The van der Waals surface area contributed by atoms with Gasteiger partial charge in [0.1, 0.15) is 0 Å². The van der Waals surface area contributed by atoms with Gasteiger partial charge in [-0.3, -0.25) is 9.59 Å². The molecule has 0 spiro atoms. The summed E-state index contributed by atoms with van der Waals surface area (Å²) in [5.74, 6) is 0.263. The second-order valence-electron chi connectivity index (χ2n) is 6.34. The normalized spacial score (nSPS) is 27.8. The van der Waals surface area contributed by atoms with Crippen LogP contribution in [0.1, 0.15) is 44.9 Å². The maximum absolute atomic E-state index is 12.4. The van der Waals surface area contributed by atoms with Gasteiger partial charge in [-0.1, -0.05) is 0 Å². The van der Waals surface area contributed by atoms with E-state index in [1.54, 1.807) is 4.90 Å². The molecule has 1 saturated carbocycles. The van der Waals surface area contributed by atoms with Gasteiger partial charge < -0.3 is 15.1 Å².